The fourth-order valence-corrected chi connectivity index (χ4v) is 3.50. The number of rotatable bonds is 2. The van der Waals surface area contributed by atoms with Crippen LogP contribution in [0.25, 0.3) is 0 Å². The van der Waals surface area contributed by atoms with Crippen molar-refractivity contribution in [3.63, 3.8) is 0 Å². The lowest BCUT2D eigenvalue weighted by Crippen LogP contribution is -2.44. The maximum atomic E-state index is 14.0. The van der Waals surface area contributed by atoms with Gasteiger partial charge in [-0.1, -0.05) is 0 Å². The Bertz CT molecular complexity index is 576. The topological polar surface area (TPSA) is 41.6 Å². The van der Waals surface area contributed by atoms with E-state index in [9.17, 15) is 13.6 Å². The van der Waals surface area contributed by atoms with E-state index in [4.69, 9.17) is 4.74 Å². The Morgan fingerprint density at radius 2 is 1.91 bits per heavy atom. The molecule has 1 aromatic rings. The molecule has 2 aliphatic rings. The molecule has 3 rings (SSSR count). The largest absolute Gasteiger partial charge is 0.493 e. The molecule has 2 heterocycles. The molecule has 0 bridgehead atoms. The summed E-state index contributed by atoms with van der Waals surface area (Å²) in [5.74, 6) is -2.27. The molecule has 2 aliphatic heterocycles. The highest BCUT2D eigenvalue weighted by molar-refractivity contribution is 5.97. The summed E-state index contributed by atoms with van der Waals surface area (Å²) >= 11 is 0. The molecule has 1 spiro atoms. The molecule has 2 fully saturated rings. The smallest absolute Gasteiger partial charge is 0.260 e. The molecule has 2 saturated heterocycles. The van der Waals surface area contributed by atoms with E-state index in [-0.39, 0.29) is 16.7 Å². The third-order valence-electron chi connectivity index (χ3n) is 4.92. The molecule has 0 aromatic heterocycles. The minimum absolute atomic E-state index is 0.265. The predicted octanol–water partition coefficient (Wildman–Crippen LogP) is 2.19. The van der Waals surface area contributed by atoms with Gasteiger partial charge in [0.1, 0.15) is 11.4 Å². The van der Waals surface area contributed by atoms with Crippen LogP contribution in [0.15, 0.2) is 12.1 Å². The number of piperidine rings is 1. The van der Waals surface area contributed by atoms with Gasteiger partial charge in [0, 0.05) is 19.6 Å². The normalized spacial score (nSPS) is 20.4. The lowest BCUT2D eigenvalue weighted by molar-refractivity contribution is 0.0599. The van der Waals surface area contributed by atoms with E-state index in [1.54, 1.807) is 4.90 Å². The number of halogens is 2. The number of benzene rings is 1. The minimum atomic E-state index is -0.744. The highest BCUT2D eigenvalue weighted by Gasteiger charge is 2.39. The first-order valence-electron chi connectivity index (χ1n) is 7.58. The Kier molecular flexibility index (Phi) is 4.04. The Morgan fingerprint density at radius 3 is 2.50 bits per heavy atom. The van der Waals surface area contributed by atoms with Crippen molar-refractivity contribution >= 4 is 5.91 Å². The summed E-state index contributed by atoms with van der Waals surface area (Å²) in [4.78, 5) is 14.2. The number of carbonyl (C=O) groups excluding carboxylic acids is 1. The van der Waals surface area contributed by atoms with Gasteiger partial charge in [-0.2, -0.15) is 0 Å². The second-order valence-corrected chi connectivity index (χ2v) is 6.16. The summed E-state index contributed by atoms with van der Waals surface area (Å²) in [6, 6.07) is 1.94. The number of hydrogen-bond acceptors (Lipinski definition) is 3. The first kappa shape index (κ1) is 15.2. The van der Waals surface area contributed by atoms with Crippen molar-refractivity contribution in [3.05, 3.63) is 29.3 Å². The third kappa shape index (κ3) is 2.56. The summed E-state index contributed by atoms with van der Waals surface area (Å²) in [5, 5.41) is 3.36. The van der Waals surface area contributed by atoms with E-state index in [0.29, 0.717) is 13.1 Å². The minimum Gasteiger partial charge on any atom is -0.493 e. The number of amides is 1. The molecule has 22 heavy (non-hydrogen) atoms. The molecule has 1 N–H and O–H groups in total. The number of carbonyl (C=O) groups is 1. The van der Waals surface area contributed by atoms with Gasteiger partial charge in [-0.25, -0.2) is 8.78 Å². The number of nitrogens with one attached hydrogen (secondary N) is 1. The number of methoxy groups -OCH3 is 1. The van der Waals surface area contributed by atoms with Crippen LogP contribution < -0.4 is 10.1 Å². The van der Waals surface area contributed by atoms with Crippen LogP contribution in [0.5, 0.6) is 5.75 Å². The highest BCUT2D eigenvalue weighted by atomic mass is 19.1. The Morgan fingerprint density at radius 1 is 1.23 bits per heavy atom. The number of likely N-dealkylation sites (tertiary alicyclic amines) is 1. The summed E-state index contributed by atoms with van der Waals surface area (Å²) < 4.78 is 32.6. The summed E-state index contributed by atoms with van der Waals surface area (Å²) in [5.41, 5.74) is -0.0376. The van der Waals surface area contributed by atoms with Crippen LogP contribution in [0, 0.1) is 17.0 Å². The van der Waals surface area contributed by atoms with Crippen LogP contribution in [-0.4, -0.2) is 44.1 Å². The van der Waals surface area contributed by atoms with Gasteiger partial charge < -0.3 is 15.0 Å². The molecule has 0 radical (unpaired) electrons. The standard InChI is InChI=1S/C16H20F2N2O2/c1-22-14-12(18)3-2-11(17)13(14)15(21)20-8-5-16(6-9-20)4-7-19-10-16/h2-3,19H,4-10H2,1H3. The van der Waals surface area contributed by atoms with Crippen molar-refractivity contribution in [2.75, 3.05) is 33.3 Å². The molecule has 0 saturated carbocycles. The van der Waals surface area contributed by atoms with Crippen molar-refractivity contribution in [3.8, 4) is 5.75 Å². The van der Waals surface area contributed by atoms with Gasteiger partial charge >= 0.3 is 0 Å². The third-order valence-corrected chi connectivity index (χ3v) is 4.92. The maximum absolute atomic E-state index is 14.0. The molecule has 1 amide bonds. The first-order chi connectivity index (χ1) is 10.6. The fraction of sp³-hybridized carbons (Fsp3) is 0.562. The highest BCUT2D eigenvalue weighted by Crippen LogP contribution is 2.38. The van der Waals surface area contributed by atoms with Crippen LogP contribution >= 0.6 is 0 Å². The quantitative estimate of drug-likeness (QED) is 0.910. The molecule has 4 nitrogen and oxygen atoms in total. The molecule has 0 aliphatic carbocycles. The van der Waals surface area contributed by atoms with E-state index >= 15 is 0 Å². The summed E-state index contributed by atoms with van der Waals surface area (Å²) in [6.45, 7) is 3.13. The van der Waals surface area contributed by atoms with Gasteiger partial charge in [0.05, 0.1) is 7.11 Å². The van der Waals surface area contributed by atoms with Crippen molar-refractivity contribution in [2.45, 2.75) is 19.3 Å². The zero-order valence-corrected chi connectivity index (χ0v) is 12.6. The molecule has 0 unspecified atom stereocenters. The van der Waals surface area contributed by atoms with Gasteiger partial charge in [-0.15, -0.1) is 0 Å². The van der Waals surface area contributed by atoms with Crippen molar-refractivity contribution in [2.24, 2.45) is 5.41 Å². The summed E-state index contributed by atoms with van der Waals surface area (Å²) in [7, 11) is 1.24. The van der Waals surface area contributed by atoms with Crippen molar-refractivity contribution < 1.29 is 18.3 Å². The van der Waals surface area contributed by atoms with E-state index in [0.717, 1.165) is 44.5 Å². The average molecular weight is 310 g/mol. The number of nitrogens with zero attached hydrogens (tertiary/aromatic N) is 1. The van der Waals surface area contributed by atoms with Crippen LogP contribution in [0.2, 0.25) is 0 Å². The second-order valence-electron chi connectivity index (χ2n) is 6.16. The Balaban J connectivity index is 1.79. The lowest BCUT2D eigenvalue weighted by atomic mass is 9.78. The summed E-state index contributed by atoms with van der Waals surface area (Å²) in [6.07, 6.45) is 2.91. The van der Waals surface area contributed by atoms with Crippen LogP contribution in [0.3, 0.4) is 0 Å². The van der Waals surface area contributed by atoms with Crippen molar-refractivity contribution in [1.82, 2.24) is 10.2 Å². The molecule has 6 heteroatoms. The molecule has 120 valence electrons. The van der Waals surface area contributed by atoms with E-state index in [1.165, 1.54) is 7.11 Å². The SMILES string of the molecule is COc1c(F)ccc(F)c1C(=O)N1CCC2(CCNC2)CC1. The van der Waals surface area contributed by atoms with Crippen LogP contribution in [-0.2, 0) is 0 Å². The Labute approximate surface area is 128 Å². The monoisotopic (exact) mass is 310 g/mol. The number of ether oxygens (including phenoxy) is 1. The second kappa shape index (κ2) is 5.83. The number of hydrogen-bond donors (Lipinski definition) is 1. The van der Waals surface area contributed by atoms with Crippen molar-refractivity contribution in [1.29, 1.82) is 0 Å². The van der Waals surface area contributed by atoms with Gasteiger partial charge in [0.25, 0.3) is 5.91 Å². The van der Waals surface area contributed by atoms with Gasteiger partial charge in [-0.3, -0.25) is 4.79 Å². The fourth-order valence-electron chi connectivity index (χ4n) is 3.50. The van der Waals surface area contributed by atoms with Gasteiger partial charge in [0.15, 0.2) is 11.6 Å². The molecular formula is C16H20F2N2O2. The van der Waals surface area contributed by atoms with E-state index in [2.05, 4.69) is 5.32 Å². The lowest BCUT2D eigenvalue weighted by Gasteiger charge is -2.39. The van der Waals surface area contributed by atoms with E-state index < -0.39 is 17.5 Å². The maximum Gasteiger partial charge on any atom is 0.260 e. The zero-order chi connectivity index (χ0) is 15.7. The van der Waals surface area contributed by atoms with E-state index in [1.807, 2.05) is 0 Å². The van der Waals surface area contributed by atoms with Crippen LogP contribution in [0.4, 0.5) is 8.78 Å². The molecule has 1 aromatic carbocycles. The average Bonchev–Trinajstić information content (AvgIpc) is 2.97. The Hall–Kier alpha value is -1.69. The van der Waals surface area contributed by atoms with Gasteiger partial charge in [-0.05, 0) is 43.4 Å². The first-order valence-corrected chi connectivity index (χ1v) is 7.58. The van der Waals surface area contributed by atoms with Gasteiger partial charge in [0.2, 0.25) is 0 Å². The molecule has 0 atom stereocenters. The molecular weight excluding hydrogens is 290 g/mol. The predicted molar refractivity (Wildman–Crippen MR) is 78.0 cm³/mol. The van der Waals surface area contributed by atoms with Crippen LogP contribution in [0.1, 0.15) is 29.6 Å². The zero-order valence-electron chi connectivity index (χ0n) is 12.6.